The molecule has 1 aliphatic rings. The molecule has 1 heterocycles. The molecule has 0 aromatic heterocycles. The molecular weight excluding hydrogens is 243 g/mol. The van der Waals surface area contributed by atoms with Gasteiger partial charge in [0.1, 0.15) is 0 Å². The van der Waals surface area contributed by atoms with Crippen LogP contribution in [0.4, 0.5) is 4.79 Å². The molecule has 0 saturated carbocycles. The van der Waals surface area contributed by atoms with Crippen molar-refractivity contribution in [1.82, 2.24) is 5.32 Å². The maximum Gasteiger partial charge on any atom is 0.494 e. The molecule has 0 bridgehead atoms. The maximum absolute atomic E-state index is 10.9. The number of hydrogen-bond donors (Lipinski definition) is 2. The number of nitrogens with one attached hydrogen (secondary N) is 1. The number of amides is 2. The van der Waals surface area contributed by atoms with Gasteiger partial charge in [0.05, 0.1) is 11.2 Å². The number of carbonyl (C=O) groups is 1. The second kappa shape index (κ2) is 4.87. The maximum atomic E-state index is 10.9. The molecule has 0 radical (unpaired) electrons. The summed E-state index contributed by atoms with van der Waals surface area (Å²) in [6.45, 7) is 6.10. The van der Waals surface area contributed by atoms with Crippen LogP contribution in [0.2, 0.25) is 0 Å². The van der Waals surface area contributed by atoms with Crippen LogP contribution in [-0.2, 0) is 9.31 Å². The van der Waals surface area contributed by atoms with E-state index < -0.39 is 24.4 Å². The molecule has 1 fully saturated rings. The first-order valence-electron chi connectivity index (χ1n) is 6.28. The fourth-order valence-corrected chi connectivity index (χ4v) is 2.05. The Labute approximate surface area is 113 Å². The van der Waals surface area contributed by atoms with E-state index in [4.69, 9.17) is 15.0 Å². The molecule has 1 aromatic rings. The fraction of sp³-hybridized carbons (Fsp3) is 0.462. The quantitative estimate of drug-likeness (QED) is 0.785. The lowest BCUT2D eigenvalue weighted by Crippen LogP contribution is -2.53. The van der Waals surface area contributed by atoms with Crippen LogP contribution < -0.4 is 16.5 Å². The third kappa shape index (κ3) is 2.74. The molecule has 3 N–H and O–H groups in total. The van der Waals surface area contributed by atoms with Crippen molar-refractivity contribution in [3.8, 4) is 0 Å². The highest BCUT2D eigenvalue weighted by atomic mass is 16.7. The van der Waals surface area contributed by atoms with Crippen molar-refractivity contribution in [3.05, 3.63) is 30.3 Å². The number of benzene rings is 1. The summed E-state index contributed by atoms with van der Waals surface area (Å²) < 4.78 is 12.0. The van der Waals surface area contributed by atoms with Gasteiger partial charge >= 0.3 is 13.1 Å². The Hall–Kier alpha value is -1.53. The monoisotopic (exact) mass is 262 g/mol. The Bertz CT molecular complexity index is 466. The molecule has 1 atom stereocenters. The van der Waals surface area contributed by atoms with Crippen molar-refractivity contribution < 1.29 is 14.1 Å². The van der Waals surface area contributed by atoms with E-state index in [-0.39, 0.29) is 0 Å². The van der Waals surface area contributed by atoms with Crippen molar-refractivity contribution in [2.75, 3.05) is 6.54 Å². The molecule has 5 nitrogen and oxygen atoms in total. The van der Waals surface area contributed by atoms with Crippen LogP contribution >= 0.6 is 0 Å². The minimum absolute atomic E-state index is 0.304. The van der Waals surface area contributed by atoms with E-state index in [9.17, 15) is 4.79 Å². The molecule has 1 unspecified atom stereocenters. The summed E-state index contributed by atoms with van der Waals surface area (Å²) in [5.41, 5.74) is 4.91. The normalized spacial score (nSPS) is 25.3. The largest absolute Gasteiger partial charge is 0.494 e. The average Bonchev–Trinajstić information content (AvgIpc) is 2.60. The number of urea groups is 1. The second-order valence-electron chi connectivity index (χ2n) is 5.44. The summed E-state index contributed by atoms with van der Waals surface area (Å²) in [5.74, 6) is 0. The Morgan fingerprint density at radius 1 is 1.26 bits per heavy atom. The van der Waals surface area contributed by atoms with Gasteiger partial charge in [-0.1, -0.05) is 30.3 Å². The molecule has 1 aromatic carbocycles. The van der Waals surface area contributed by atoms with Crippen LogP contribution in [0.1, 0.15) is 20.8 Å². The highest BCUT2D eigenvalue weighted by molar-refractivity contribution is 6.62. The second-order valence-corrected chi connectivity index (χ2v) is 5.44. The minimum Gasteiger partial charge on any atom is -0.399 e. The van der Waals surface area contributed by atoms with Gasteiger partial charge in [0.2, 0.25) is 0 Å². The Balaban J connectivity index is 2.16. The Morgan fingerprint density at radius 3 is 2.47 bits per heavy atom. The average molecular weight is 262 g/mol. The van der Waals surface area contributed by atoms with Gasteiger partial charge in [-0.15, -0.1) is 0 Å². The summed E-state index contributed by atoms with van der Waals surface area (Å²) >= 11 is 0. The molecule has 19 heavy (non-hydrogen) atoms. The summed E-state index contributed by atoms with van der Waals surface area (Å²) in [6, 6.07) is 9.15. The molecule has 2 rings (SSSR count). The van der Waals surface area contributed by atoms with E-state index in [2.05, 4.69) is 5.32 Å². The number of primary amides is 1. The standard InChI is InChI=1S/C13H19BN2O3/c1-12(2)13(3,9-16-11(15)17)19-14(18-12)10-7-5-4-6-8-10/h4-8H,9H2,1-3H3,(H3,15,16,17). The summed E-state index contributed by atoms with van der Waals surface area (Å²) in [5, 5.41) is 2.59. The van der Waals surface area contributed by atoms with Crippen molar-refractivity contribution in [1.29, 1.82) is 0 Å². The van der Waals surface area contributed by atoms with E-state index >= 15 is 0 Å². The first-order valence-corrected chi connectivity index (χ1v) is 6.28. The van der Waals surface area contributed by atoms with Crippen LogP contribution in [0.5, 0.6) is 0 Å². The van der Waals surface area contributed by atoms with Gasteiger partial charge in [0, 0.05) is 6.54 Å². The van der Waals surface area contributed by atoms with Crippen molar-refractivity contribution in [2.45, 2.75) is 32.0 Å². The first-order chi connectivity index (χ1) is 8.84. The number of rotatable bonds is 3. The van der Waals surface area contributed by atoms with Gasteiger partial charge in [0.15, 0.2) is 0 Å². The third-order valence-electron chi connectivity index (χ3n) is 3.71. The van der Waals surface area contributed by atoms with Crippen molar-refractivity contribution in [2.24, 2.45) is 5.73 Å². The molecule has 6 heteroatoms. The van der Waals surface area contributed by atoms with E-state index in [1.807, 2.05) is 51.1 Å². The van der Waals surface area contributed by atoms with E-state index in [1.54, 1.807) is 0 Å². The molecular formula is C13H19BN2O3. The predicted molar refractivity (Wildman–Crippen MR) is 74.1 cm³/mol. The van der Waals surface area contributed by atoms with Gasteiger partial charge in [-0.05, 0) is 26.2 Å². The first kappa shape index (κ1) is 13.9. The van der Waals surface area contributed by atoms with Gasteiger partial charge in [0.25, 0.3) is 0 Å². The molecule has 1 aliphatic heterocycles. The summed E-state index contributed by atoms with van der Waals surface area (Å²) in [6.07, 6.45) is 0. The fourth-order valence-electron chi connectivity index (χ4n) is 2.05. The van der Waals surface area contributed by atoms with Gasteiger partial charge in [-0.2, -0.15) is 0 Å². The van der Waals surface area contributed by atoms with E-state index in [1.165, 1.54) is 0 Å². The van der Waals surface area contributed by atoms with Crippen LogP contribution in [-0.4, -0.2) is 30.9 Å². The predicted octanol–water partition coefficient (Wildman–Crippen LogP) is 0.634. The Morgan fingerprint density at radius 2 is 1.89 bits per heavy atom. The van der Waals surface area contributed by atoms with Gasteiger partial charge in [-0.25, -0.2) is 4.79 Å². The number of hydrogen-bond acceptors (Lipinski definition) is 3. The van der Waals surface area contributed by atoms with Crippen LogP contribution in [0.25, 0.3) is 0 Å². The molecule has 102 valence electrons. The van der Waals surface area contributed by atoms with Gasteiger partial charge < -0.3 is 20.4 Å². The number of carbonyl (C=O) groups excluding carboxylic acids is 1. The minimum atomic E-state index is -0.636. The van der Waals surface area contributed by atoms with Crippen LogP contribution in [0.15, 0.2) is 30.3 Å². The molecule has 0 spiro atoms. The lowest BCUT2D eigenvalue weighted by Gasteiger charge is -2.36. The highest BCUT2D eigenvalue weighted by Crippen LogP contribution is 2.36. The topological polar surface area (TPSA) is 73.6 Å². The van der Waals surface area contributed by atoms with Gasteiger partial charge in [-0.3, -0.25) is 0 Å². The smallest absolute Gasteiger partial charge is 0.399 e. The van der Waals surface area contributed by atoms with Crippen molar-refractivity contribution in [3.63, 3.8) is 0 Å². The molecule has 2 amide bonds. The molecule has 0 aliphatic carbocycles. The lowest BCUT2D eigenvalue weighted by molar-refractivity contribution is -0.00601. The summed E-state index contributed by atoms with van der Waals surface area (Å²) in [7, 11) is -0.434. The SMILES string of the molecule is CC1(C)OB(c2ccccc2)OC1(C)CNC(N)=O. The highest BCUT2D eigenvalue weighted by Gasteiger charge is 2.54. The van der Waals surface area contributed by atoms with Crippen LogP contribution in [0, 0.1) is 0 Å². The zero-order valence-electron chi connectivity index (χ0n) is 11.5. The Kier molecular flexibility index (Phi) is 3.56. The number of nitrogens with two attached hydrogens (primary N) is 1. The summed E-state index contributed by atoms with van der Waals surface area (Å²) in [4.78, 5) is 10.9. The zero-order valence-corrected chi connectivity index (χ0v) is 11.5. The van der Waals surface area contributed by atoms with Crippen LogP contribution in [0.3, 0.4) is 0 Å². The van der Waals surface area contributed by atoms with E-state index in [0.717, 1.165) is 5.46 Å². The van der Waals surface area contributed by atoms with Crippen molar-refractivity contribution >= 4 is 18.6 Å². The zero-order chi connectivity index (χ0) is 14.1. The lowest BCUT2D eigenvalue weighted by atomic mass is 9.79. The third-order valence-corrected chi connectivity index (χ3v) is 3.71. The molecule has 1 saturated heterocycles. The van der Waals surface area contributed by atoms with E-state index in [0.29, 0.717) is 6.54 Å².